The summed E-state index contributed by atoms with van der Waals surface area (Å²) in [6, 6.07) is 24.0. The Morgan fingerprint density at radius 3 is 0.720 bits per heavy atom. The van der Waals surface area contributed by atoms with Crippen molar-refractivity contribution in [3.05, 3.63) is 146 Å². The number of hydrogen-bond acceptors (Lipinski definition) is 12. The first kappa shape index (κ1) is 107. The van der Waals surface area contributed by atoms with E-state index in [1.54, 1.807) is 46.6 Å². The van der Waals surface area contributed by atoms with Gasteiger partial charge < -0.3 is 0 Å². The van der Waals surface area contributed by atoms with Crippen LogP contribution in [0.25, 0.3) is 114 Å². The topological polar surface area (TPSA) is 0 Å². The molecule has 0 spiro atoms. The number of unbranched alkanes of at least 4 members (excludes halogenated alkanes) is 54. The van der Waals surface area contributed by atoms with Gasteiger partial charge in [0.1, 0.15) is 0 Å². The first-order chi connectivity index (χ1) is 65.5. The van der Waals surface area contributed by atoms with E-state index < -0.39 is 0 Å². The van der Waals surface area contributed by atoms with Crippen molar-refractivity contribution in [3.8, 4) is 114 Å². The Morgan fingerprint density at radius 1 is 0.167 bits per heavy atom. The largest absolute Gasteiger partial charge is 0.144 e. The van der Waals surface area contributed by atoms with E-state index in [-0.39, 0.29) is 0 Å². The molecule has 0 aliphatic carbocycles. The summed E-state index contributed by atoms with van der Waals surface area (Å²) in [6.07, 6.45) is 90.5. The molecular weight excluding hydrogens is 1830 g/mol. The highest BCUT2D eigenvalue weighted by Crippen LogP contribution is 2.59. The predicted octanol–water partition coefficient (Wildman–Crippen LogP) is 47.5. The molecule has 0 unspecified atom stereocenters. The zero-order valence-corrected chi connectivity index (χ0v) is 92.9. The Morgan fingerprint density at radius 2 is 0.409 bits per heavy atom. The molecule has 0 bridgehead atoms. The number of rotatable bonds is 77. The molecule has 0 N–H and O–H groups in total. The monoisotopic (exact) mass is 1990 g/mol. The molecule has 0 saturated carbocycles. The summed E-state index contributed by atoms with van der Waals surface area (Å²) in [5.74, 6) is 0. The highest BCUT2D eigenvalue weighted by molar-refractivity contribution is 7.24. The van der Waals surface area contributed by atoms with Crippen LogP contribution in [-0.4, -0.2) is 0 Å². The summed E-state index contributed by atoms with van der Waals surface area (Å²) in [4.78, 5) is 21.2. The van der Waals surface area contributed by atoms with Gasteiger partial charge in [0.2, 0.25) is 0 Å². The molecule has 12 aromatic rings. The minimum Gasteiger partial charge on any atom is -0.144 e. The van der Waals surface area contributed by atoms with Gasteiger partial charge in [-0.25, -0.2) is 0 Å². The van der Waals surface area contributed by atoms with Crippen LogP contribution in [0.5, 0.6) is 0 Å². The maximum Gasteiger partial charge on any atom is 0.0538 e. The van der Waals surface area contributed by atoms with Crippen LogP contribution in [0, 0.1) is 0 Å². The molecule has 722 valence electrons. The highest BCUT2D eigenvalue weighted by Gasteiger charge is 2.33. The molecule has 0 aliphatic heterocycles. The van der Waals surface area contributed by atoms with Crippen LogP contribution in [-0.2, 0) is 38.5 Å². The van der Waals surface area contributed by atoms with Crippen molar-refractivity contribution in [2.24, 2.45) is 0 Å². The molecule has 0 amide bonds. The standard InChI is InChI=1S/C120H170S12/c1-7-13-19-25-31-37-43-49-55-61-68-93-92-130-119(108(93)117-104(82-91-129-117)116-103(81-90-128-116)115-102(80-89-127-115)114-101(79-88-126-114)113-100(78-87-125-113)112-99(77-86-124-112)111-98(76-85-123-111)110-97(75-84-122-110)105-74-67-83-121-105)109-96(71-64-58-52-46-40-34-28-22-16-10-4)107(73-66-60-54-48-42-36-30-24-18-12-6)132-120(109)118-95(70-63-57-51-45-39-33-27-21-15-9-3)94(69-62-56-50-44-38-32-26-20-14-8-2)106(131-118)72-65-59-53-47-41-35-29-23-17-11-5/h67,74-92H,7-66,68-73H2,1-6H3. The molecule has 12 heterocycles. The van der Waals surface area contributed by atoms with Crippen LogP contribution in [0.1, 0.15) is 459 Å². The van der Waals surface area contributed by atoms with E-state index in [2.05, 4.69) is 201 Å². The van der Waals surface area contributed by atoms with Gasteiger partial charge in [0.15, 0.2) is 0 Å². The van der Waals surface area contributed by atoms with Crippen LogP contribution in [0.3, 0.4) is 0 Å². The Balaban J connectivity index is 0.959. The third kappa shape index (κ3) is 33.3. The lowest BCUT2D eigenvalue weighted by molar-refractivity contribution is 0.552. The Kier molecular flexibility index (Phi) is 52.0. The number of hydrogen-bond donors (Lipinski definition) is 0. The maximum atomic E-state index is 2.76. The van der Waals surface area contributed by atoms with Crippen molar-refractivity contribution < 1.29 is 0 Å². The highest BCUT2D eigenvalue weighted by atomic mass is 32.1. The van der Waals surface area contributed by atoms with E-state index in [9.17, 15) is 0 Å². The first-order valence-corrected chi connectivity index (χ1v) is 65.0. The van der Waals surface area contributed by atoms with Gasteiger partial charge >= 0.3 is 0 Å². The third-order valence-corrected chi connectivity index (χ3v) is 40.6. The Hall–Kier alpha value is -3.60. The molecule has 12 heteroatoms. The predicted molar refractivity (Wildman–Crippen MR) is 614 cm³/mol. The number of aryl methyl sites for hydroxylation is 3. The fourth-order valence-electron chi connectivity index (χ4n) is 20.6. The molecule has 0 saturated heterocycles. The van der Waals surface area contributed by atoms with Crippen molar-refractivity contribution >= 4 is 136 Å². The van der Waals surface area contributed by atoms with Gasteiger partial charge in [-0.05, 0) is 208 Å². The smallest absolute Gasteiger partial charge is 0.0538 e. The van der Waals surface area contributed by atoms with Crippen molar-refractivity contribution in [2.75, 3.05) is 0 Å². The molecule has 0 aliphatic rings. The van der Waals surface area contributed by atoms with Crippen molar-refractivity contribution in [1.29, 1.82) is 0 Å². The van der Waals surface area contributed by atoms with E-state index >= 15 is 0 Å². The third-order valence-electron chi connectivity index (χ3n) is 28.3. The summed E-state index contributed by atoms with van der Waals surface area (Å²) in [5, 5.41) is 24.0. The zero-order chi connectivity index (χ0) is 91.5. The van der Waals surface area contributed by atoms with Gasteiger partial charge in [0.25, 0.3) is 0 Å². The van der Waals surface area contributed by atoms with Crippen LogP contribution in [0.2, 0.25) is 0 Å². The summed E-state index contributed by atoms with van der Waals surface area (Å²) < 4.78 is 0. The number of thiophene rings is 12. The molecule has 0 fully saturated rings. The average molecular weight is 2000 g/mol. The second-order valence-electron chi connectivity index (χ2n) is 38.9. The molecule has 0 atom stereocenters. The summed E-state index contributed by atoms with van der Waals surface area (Å²) in [6.45, 7) is 14.2. The Bertz CT molecular complexity index is 4950. The molecule has 0 nitrogen and oxygen atoms in total. The zero-order valence-electron chi connectivity index (χ0n) is 83.1. The van der Waals surface area contributed by atoms with Gasteiger partial charge in [-0.2, -0.15) is 0 Å². The second-order valence-corrected chi connectivity index (χ2v) is 50.2. The first-order valence-electron chi connectivity index (χ1n) is 54.5. The molecule has 132 heavy (non-hydrogen) atoms. The van der Waals surface area contributed by atoms with Crippen molar-refractivity contribution in [1.82, 2.24) is 0 Å². The molecule has 12 aromatic heterocycles. The van der Waals surface area contributed by atoms with Crippen LogP contribution < -0.4 is 0 Å². The van der Waals surface area contributed by atoms with E-state index in [0.29, 0.717) is 0 Å². The molecule has 0 radical (unpaired) electrons. The average Bonchev–Trinajstić information content (AvgIpc) is 1.58. The van der Waals surface area contributed by atoms with Crippen LogP contribution >= 0.6 is 136 Å². The van der Waals surface area contributed by atoms with Gasteiger partial charge in [0.05, 0.1) is 4.88 Å². The van der Waals surface area contributed by atoms with Gasteiger partial charge in [-0.1, -0.05) is 394 Å². The lowest BCUT2D eigenvalue weighted by atomic mass is 9.91. The van der Waals surface area contributed by atoms with Crippen LogP contribution in [0.15, 0.2) is 114 Å². The normalized spacial score (nSPS) is 11.9. The van der Waals surface area contributed by atoms with Gasteiger partial charge in [0, 0.05) is 119 Å². The van der Waals surface area contributed by atoms with E-state index in [4.69, 9.17) is 0 Å². The summed E-state index contributed by atoms with van der Waals surface area (Å²) >= 11 is 24.3. The van der Waals surface area contributed by atoms with Crippen molar-refractivity contribution in [3.63, 3.8) is 0 Å². The van der Waals surface area contributed by atoms with Crippen LogP contribution in [0.4, 0.5) is 0 Å². The quantitative estimate of drug-likeness (QED) is 0.0333. The van der Waals surface area contributed by atoms with Gasteiger partial charge in [-0.3, -0.25) is 0 Å². The van der Waals surface area contributed by atoms with E-state index in [1.807, 2.05) is 102 Å². The Labute approximate surface area is 853 Å². The van der Waals surface area contributed by atoms with E-state index in [1.165, 1.54) is 506 Å². The fraction of sp³-hybridized carbons (Fsp3) is 0.600. The molecule has 12 rings (SSSR count). The summed E-state index contributed by atoms with van der Waals surface area (Å²) in [7, 11) is 0. The molecular formula is C120H170S12. The van der Waals surface area contributed by atoms with E-state index in [0.717, 1.165) is 6.42 Å². The van der Waals surface area contributed by atoms with Gasteiger partial charge in [-0.15, -0.1) is 136 Å². The minimum atomic E-state index is 1.15. The SMILES string of the molecule is CCCCCCCCCCCCc1csc(-c2c(-c3sc(CCCCCCCCCCCC)c(CCCCCCCCCCCC)c3CCCCCCCCCCCC)sc(CCCCCCCCCCCC)c2CCCCCCCCCCCC)c1-c1sccc1-c1sccc1-c1sccc1-c1sccc1-c1sccc1-c1sccc1-c1sccc1-c1sccc1-c1cccs1. The summed E-state index contributed by atoms with van der Waals surface area (Å²) in [5.41, 5.74) is 21.4. The molecule has 0 aromatic carbocycles. The second kappa shape index (κ2) is 64.0. The van der Waals surface area contributed by atoms with Crippen molar-refractivity contribution in [2.45, 2.75) is 465 Å². The minimum absolute atomic E-state index is 1.15. The lowest BCUT2D eigenvalue weighted by Crippen LogP contribution is -1.98. The lowest BCUT2D eigenvalue weighted by Gasteiger charge is -2.15. The maximum absolute atomic E-state index is 2.76. The fourth-order valence-corrected chi connectivity index (χ4v) is 33.7.